The molecule has 3 nitrogen and oxygen atoms in total. The van der Waals surface area contributed by atoms with Gasteiger partial charge in [-0.2, -0.15) is 4.73 Å². The van der Waals surface area contributed by atoms with Crippen molar-refractivity contribution in [2.75, 3.05) is 0 Å². The second-order valence-corrected chi connectivity index (χ2v) is 4.70. The van der Waals surface area contributed by atoms with Crippen LogP contribution < -0.4 is 4.73 Å². The summed E-state index contributed by atoms with van der Waals surface area (Å²) in [5, 5.41) is 11.3. The predicted octanol–water partition coefficient (Wildman–Crippen LogP) is 2.87. The van der Waals surface area contributed by atoms with Gasteiger partial charge in [0.25, 0.3) is 0 Å². The number of nitrogens with zero attached hydrogens (tertiary/aromatic N) is 2. The van der Waals surface area contributed by atoms with E-state index in [1.165, 1.54) is 30.6 Å². The molecule has 0 aliphatic rings. The maximum absolute atomic E-state index is 13.6. The average molecular weight is 264 g/mol. The molecule has 0 saturated carbocycles. The van der Waals surface area contributed by atoms with Gasteiger partial charge in [-0.3, -0.25) is 0 Å². The predicted molar refractivity (Wildman–Crippen MR) is 63.9 cm³/mol. The molecule has 18 heavy (non-hydrogen) atoms. The van der Waals surface area contributed by atoms with Crippen LogP contribution in [0.5, 0.6) is 0 Å². The minimum atomic E-state index is -0.663. The van der Waals surface area contributed by atoms with Gasteiger partial charge in [-0.05, 0) is 12.1 Å². The van der Waals surface area contributed by atoms with Crippen molar-refractivity contribution in [2.24, 2.45) is 0 Å². The number of halogens is 2. The van der Waals surface area contributed by atoms with E-state index in [0.717, 1.165) is 11.3 Å². The highest BCUT2D eigenvalue weighted by Gasteiger charge is 2.16. The Hall–Kier alpha value is -2.08. The Bertz CT molecular complexity index is 722. The molecule has 0 spiro atoms. The zero-order valence-electron chi connectivity index (χ0n) is 8.93. The van der Waals surface area contributed by atoms with Gasteiger partial charge in [-0.25, -0.2) is 13.8 Å². The minimum Gasteiger partial charge on any atom is -0.619 e. The van der Waals surface area contributed by atoms with Crippen LogP contribution in [-0.2, 0) is 0 Å². The van der Waals surface area contributed by atoms with E-state index in [9.17, 15) is 14.0 Å². The fourth-order valence-electron chi connectivity index (χ4n) is 1.67. The molecule has 0 fully saturated rings. The van der Waals surface area contributed by atoms with E-state index in [1.54, 1.807) is 6.07 Å². The van der Waals surface area contributed by atoms with Gasteiger partial charge in [-0.1, -0.05) is 6.07 Å². The van der Waals surface area contributed by atoms with Crippen molar-refractivity contribution in [3.63, 3.8) is 0 Å². The van der Waals surface area contributed by atoms with Crippen molar-refractivity contribution in [3.8, 4) is 10.6 Å². The number of pyridine rings is 1. The summed E-state index contributed by atoms with van der Waals surface area (Å²) in [5.41, 5.74) is 0.270. The molecule has 3 aromatic rings. The number of aromatic nitrogens is 2. The molecule has 6 heteroatoms. The minimum absolute atomic E-state index is 0.156. The first-order valence-electron chi connectivity index (χ1n) is 5.09. The molecule has 0 radical (unpaired) electrons. The van der Waals surface area contributed by atoms with Crippen LogP contribution >= 0.6 is 11.3 Å². The van der Waals surface area contributed by atoms with Crippen LogP contribution in [0.4, 0.5) is 8.78 Å². The van der Waals surface area contributed by atoms with E-state index < -0.39 is 11.6 Å². The van der Waals surface area contributed by atoms with E-state index in [-0.39, 0.29) is 10.6 Å². The Morgan fingerprint density at radius 3 is 2.61 bits per heavy atom. The lowest BCUT2D eigenvalue weighted by Gasteiger charge is -1.99. The third-order valence-corrected chi connectivity index (χ3v) is 3.53. The van der Waals surface area contributed by atoms with Gasteiger partial charge in [-0.15, -0.1) is 11.3 Å². The van der Waals surface area contributed by atoms with Crippen molar-refractivity contribution in [3.05, 3.63) is 53.5 Å². The standard InChI is InChI=1S/C12H6F2N2OS/c13-7-2-1-3-8(14)11(7)12-15-9-6-16(17)5-4-10(9)18-12/h1-6H. The normalized spacial score (nSPS) is 11.0. The third-order valence-electron chi connectivity index (χ3n) is 2.48. The number of rotatable bonds is 1. The summed E-state index contributed by atoms with van der Waals surface area (Å²) in [7, 11) is 0. The van der Waals surface area contributed by atoms with E-state index in [1.807, 2.05) is 0 Å². The number of thiazole rings is 1. The zero-order valence-corrected chi connectivity index (χ0v) is 9.75. The number of hydrogen-bond donors (Lipinski definition) is 0. The van der Waals surface area contributed by atoms with Crippen LogP contribution in [0.15, 0.2) is 36.7 Å². The van der Waals surface area contributed by atoms with Crippen molar-refractivity contribution in [1.29, 1.82) is 0 Å². The molecule has 90 valence electrons. The monoisotopic (exact) mass is 264 g/mol. The highest BCUT2D eigenvalue weighted by Crippen LogP contribution is 2.32. The Balaban J connectivity index is 2.26. The number of hydrogen-bond acceptors (Lipinski definition) is 3. The lowest BCUT2D eigenvalue weighted by molar-refractivity contribution is -0.603. The number of benzene rings is 1. The quantitative estimate of drug-likeness (QED) is 0.501. The van der Waals surface area contributed by atoms with Gasteiger partial charge < -0.3 is 5.21 Å². The molecule has 0 aliphatic heterocycles. The lowest BCUT2D eigenvalue weighted by Crippen LogP contribution is -2.23. The van der Waals surface area contributed by atoms with Gasteiger partial charge in [0.15, 0.2) is 6.20 Å². The van der Waals surface area contributed by atoms with Crippen molar-refractivity contribution in [2.45, 2.75) is 0 Å². The maximum Gasteiger partial charge on any atom is 0.207 e. The topological polar surface area (TPSA) is 39.8 Å². The van der Waals surface area contributed by atoms with E-state index in [0.29, 0.717) is 14.9 Å². The molecule has 0 aliphatic carbocycles. The van der Waals surface area contributed by atoms with Gasteiger partial charge >= 0.3 is 0 Å². The van der Waals surface area contributed by atoms with Crippen molar-refractivity contribution < 1.29 is 13.5 Å². The molecule has 1 aromatic carbocycles. The summed E-state index contributed by atoms with van der Waals surface area (Å²) in [6.45, 7) is 0. The summed E-state index contributed by atoms with van der Waals surface area (Å²) in [6.07, 6.45) is 2.59. The first kappa shape index (κ1) is 11.0. The molecule has 0 N–H and O–H groups in total. The summed E-state index contributed by atoms with van der Waals surface area (Å²) < 4.78 is 28.5. The van der Waals surface area contributed by atoms with Gasteiger partial charge in [0.2, 0.25) is 6.20 Å². The molecular formula is C12H6F2N2OS. The SMILES string of the molecule is [O-][n+]1ccc2sc(-c3c(F)cccc3F)nc2c1. The molecule has 3 rings (SSSR count). The van der Waals surface area contributed by atoms with E-state index in [4.69, 9.17) is 0 Å². The van der Waals surface area contributed by atoms with Gasteiger partial charge in [0, 0.05) is 6.07 Å². The third kappa shape index (κ3) is 1.70. The van der Waals surface area contributed by atoms with Gasteiger partial charge in [0.1, 0.15) is 22.2 Å². The van der Waals surface area contributed by atoms with Crippen LogP contribution in [0.3, 0.4) is 0 Å². The number of fused-ring (bicyclic) bond motifs is 1. The fourth-order valence-corrected chi connectivity index (χ4v) is 2.65. The molecule has 2 heterocycles. The molecule has 0 unspecified atom stereocenters. The van der Waals surface area contributed by atoms with Crippen molar-refractivity contribution in [1.82, 2.24) is 4.98 Å². The van der Waals surface area contributed by atoms with Crippen LogP contribution in [0.25, 0.3) is 20.8 Å². The molecule has 2 aromatic heterocycles. The Morgan fingerprint density at radius 1 is 1.17 bits per heavy atom. The first-order valence-corrected chi connectivity index (χ1v) is 5.90. The fraction of sp³-hybridized carbons (Fsp3) is 0. The van der Waals surface area contributed by atoms with E-state index >= 15 is 0 Å². The van der Waals surface area contributed by atoms with E-state index in [2.05, 4.69) is 4.98 Å². The summed E-state index contributed by atoms with van der Waals surface area (Å²) in [4.78, 5) is 4.08. The summed E-state index contributed by atoms with van der Waals surface area (Å²) in [5.74, 6) is -1.33. The zero-order chi connectivity index (χ0) is 12.7. The maximum atomic E-state index is 13.6. The smallest absolute Gasteiger partial charge is 0.207 e. The highest BCUT2D eigenvalue weighted by atomic mass is 32.1. The highest BCUT2D eigenvalue weighted by molar-refractivity contribution is 7.21. The largest absolute Gasteiger partial charge is 0.619 e. The summed E-state index contributed by atoms with van der Waals surface area (Å²) >= 11 is 1.14. The second kappa shape index (κ2) is 3.99. The van der Waals surface area contributed by atoms with Crippen LogP contribution in [0.1, 0.15) is 0 Å². The molecule has 0 saturated heterocycles. The summed E-state index contributed by atoms with van der Waals surface area (Å²) in [6, 6.07) is 5.23. The molecule has 0 atom stereocenters. The molecule has 0 bridgehead atoms. The van der Waals surface area contributed by atoms with Crippen LogP contribution in [-0.4, -0.2) is 4.98 Å². The molecular weight excluding hydrogens is 258 g/mol. The second-order valence-electron chi connectivity index (χ2n) is 3.67. The van der Waals surface area contributed by atoms with Crippen LogP contribution in [0.2, 0.25) is 0 Å². The molecule has 0 amide bonds. The average Bonchev–Trinajstić information content (AvgIpc) is 2.71. The Morgan fingerprint density at radius 2 is 1.89 bits per heavy atom. The lowest BCUT2D eigenvalue weighted by atomic mass is 10.2. The Labute approximate surface area is 105 Å². The van der Waals surface area contributed by atoms with Crippen molar-refractivity contribution >= 4 is 21.6 Å². The Kier molecular flexibility index (Phi) is 2.45. The van der Waals surface area contributed by atoms with Crippen LogP contribution in [0, 0.1) is 16.8 Å². The first-order chi connectivity index (χ1) is 8.65. The van der Waals surface area contributed by atoms with Gasteiger partial charge in [0.05, 0.1) is 10.3 Å².